The molecule has 8 heteroatoms. The predicted molar refractivity (Wildman–Crippen MR) is 178 cm³/mol. The highest BCUT2D eigenvalue weighted by molar-refractivity contribution is 5.73. The minimum atomic E-state index is -0.779. The molecule has 1 saturated carbocycles. The zero-order valence-electron chi connectivity index (χ0n) is 27.8. The molecule has 8 nitrogen and oxygen atoms in total. The van der Waals surface area contributed by atoms with Gasteiger partial charge in [-0.1, -0.05) is 71.9 Å². The Balaban J connectivity index is 1.50. The number of aryl methyl sites for hydroxylation is 1. The van der Waals surface area contributed by atoms with Gasteiger partial charge in [0.2, 0.25) is 5.91 Å². The smallest absolute Gasteiger partial charge is 0.217 e. The number of carbonyl (C=O) groups is 1. The summed E-state index contributed by atoms with van der Waals surface area (Å²) in [5.41, 5.74) is 5.16. The van der Waals surface area contributed by atoms with Crippen molar-refractivity contribution in [2.24, 2.45) is 0 Å². The lowest BCUT2D eigenvalue weighted by molar-refractivity contribution is -0.120. The summed E-state index contributed by atoms with van der Waals surface area (Å²) in [7, 11) is 0. The molecule has 1 aliphatic carbocycles. The second-order valence-electron chi connectivity index (χ2n) is 13.6. The Morgan fingerprint density at radius 3 is 2.48 bits per heavy atom. The summed E-state index contributed by atoms with van der Waals surface area (Å²) in [4.78, 5) is 21.4. The van der Waals surface area contributed by atoms with Gasteiger partial charge in [0.05, 0.1) is 24.4 Å². The Morgan fingerprint density at radius 1 is 1.09 bits per heavy atom. The highest BCUT2D eigenvalue weighted by Crippen LogP contribution is 2.46. The van der Waals surface area contributed by atoms with E-state index in [-0.39, 0.29) is 22.8 Å². The van der Waals surface area contributed by atoms with Crippen LogP contribution in [-0.2, 0) is 22.2 Å². The van der Waals surface area contributed by atoms with Gasteiger partial charge in [0.1, 0.15) is 17.4 Å². The van der Waals surface area contributed by atoms with Crippen LogP contribution in [0.1, 0.15) is 102 Å². The van der Waals surface area contributed by atoms with Crippen LogP contribution in [0, 0.1) is 6.92 Å². The predicted octanol–water partition coefficient (Wildman–Crippen LogP) is 6.43. The molecule has 0 saturated heterocycles. The third-order valence-electron chi connectivity index (χ3n) is 8.15. The number of anilines is 2. The molecule has 0 bridgehead atoms. The number of nitrogens with one attached hydrogen (secondary N) is 3. The molecule has 1 aromatic heterocycles. The highest BCUT2D eigenvalue weighted by atomic mass is 16.5. The van der Waals surface area contributed by atoms with Crippen LogP contribution in [0.4, 0.5) is 11.5 Å². The van der Waals surface area contributed by atoms with Gasteiger partial charge < -0.3 is 25.8 Å². The molecule has 0 radical (unpaired) electrons. The number of nitrogens with zero attached hydrogens (tertiary/aromatic N) is 2. The fourth-order valence-electron chi connectivity index (χ4n) is 5.40. The van der Waals surface area contributed by atoms with Gasteiger partial charge in [-0.3, -0.25) is 4.79 Å². The van der Waals surface area contributed by atoms with Crippen molar-refractivity contribution in [2.75, 3.05) is 18.5 Å². The molecular formula is C36H51N5O3. The molecular weight excluding hydrogens is 550 g/mol. The van der Waals surface area contributed by atoms with Crippen LogP contribution in [0.2, 0.25) is 0 Å². The Hall–Kier alpha value is -3.49. The first kappa shape index (κ1) is 33.4. The van der Waals surface area contributed by atoms with E-state index in [0.717, 1.165) is 47.8 Å². The van der Waals surface area contributed by atoms with Gasteiger partial charge in [-0.05, 0) is 66.8 Å². The lowest BCUT2D eigenvalue weighted by Gasteiger charge is -2.28. The molecule has 0 unspecified atom stereocenters. The second-order valence-corrected chi connectivity index (χ2v) is 13.6. The average Bonchev–Trinajstić information content (AvgIpc) is 3.76. The average molecular weight is 602 g/mol. The van der Waals surface area contributed by atoms with Gasteiger partial charge in [0.25, 0.3) is 0 Å². The number of aromatic nitrogens is 2. The maximum absolute atomic E-state index is 12.2. The molecule has 0 aliphatic heterocycles. The van der Waals surface area contributed by atoms with E-state index >= 15 is 0 Å². The third kappa shape index (κ3) is 8.79. The molecule has 238 valence electrons. The van der Waals surface area contributed by atoms with Gasteiger partial charge >= 0.3 is 0 Å². The van der Waals surface area contributed by atoms with Crippen molar-refractivity contribution in [3.8, 4) is 5.75 Å². The molecule has 0 spiro atoms. The van der Waals surface area contributed by atoms with E-state index in [1.54, 1.807) is 0 Å². The molecule has 2 aromatic carbocycles. The van der Waals surface area contributed by atoms with Crippen LogP contribution in [0.15, 0.2) is 48.5 Å². The van der Waals surface area contributed by atoms with Crippen molar-refractivity contribution < 1.29 is 14.6 Å². The van der Waals surface area contributed by atoms with Gasteiger partial charge in [-0.25, -0.2) is 9.97 Å². The van der Waals surface area contributed by atoms with Crippen LogP contribution in [0.25, 0.3) is 0 Å². The number of hydrogen-bond acceptors (Lipinski definition) is 7. The molecule has 1 heterocycles. The van der Waals surface area contributed by atoms with Crippen LogP contribution in [0.5, 0.6) is 5.75 Å². The monoisotopic (exact) mass is 601 g/mol. The third-order valence-corrected chi connectivity index (χ3v) is 8.15. The second kappa shape index (κ2) is 14.1. The van der Waals surface area contributed by atoms with E-state index in [0.29, 0.717) is 25.3 Å². The summed E-state index contributed by atoms with van der Waals surface area (Å²) >= 11 is 0. The lowest BCUT2D eigenvalue weighted by atomic mass is 9.85. The van der Waals surface area contributed by atoms with E-state index in [2.05, 4.69) is 86.7 Å². The summed E-state index contributed by atoms with van der Waals surface area (Å²) in [6.07, 6.45) is 2.60. The molecule has 1 amide bonds. The number of hydrogen-bond donors (Lipinski definition) is 4. The maximum Gasteiger partial charge on any atom is 0.217 e. The fraction of sp³-hybridized carbons (Fsp3) is 0.528. The number of benzene rings is 2. The number of carbonyl (C=O) groups excluding carboxylic acids is 1. The van der Waals surface area contributed by atoms with Gasteiger partial charge in [-0.15, -0.1) is 0 Å². The Bertz CT molecular complexity index is 1430. The van der Waals surface area contributed by atoms with Crippen LogP contribution >= 0.6 is 0 Å². The van der Waals surface area contributed by atoms with Gasteiger partial charge in [0, 0.05) is 36.7 Å². The highest BCUT2D eigenvalue weighted by Gasteiger charge is 2.44. The molecule has 3 aromatic rings. The van der Waals surface area contributed by atoms with Gasteiger partial charge in [0.15, 0.2) is 0 Å². The first-order valence-electron chi connectivity index (χ1n) is 16.0. The summed E-state index contributed by atoms with van der Waals surface area (Å²) in [5.74, 6) is 2.25. The van der Waals surface area contributed by atoms with Crippen LogP contribution < -0.4 is 20.7 Å². The Kier molecular flexibility index (Phi) is 10.7. The number of ether oxygens (including phenoxy) is 1. The first-order valence-corrected chi connectivity index (χ1v) is 16.0. The molecule has 1 fully saturated rings. The molecule has 4 N–H and O–H groups in total. The summed E-state index contributed by atoms with van der Waals surface area (Å²) in [6, 6.07) is 16.2. The van der Waals surface area contributed by atoms with Gasteiger partial charge in [-0.2, -0.15) is 0 Å². The zero-order chi connectivity index (χ0) is 32.1. The minimum Gasteiger partial charge on any atom is -0.491 e. The van der Waals surface area contributed by atoms with Crippen molar-refractivity contribution >= 4 is 17.4 Å². The minimum absolute atomic E-state index is 0.0671. The van der Waals surface area contributed by atoms with E-state index in [1.165, 1.54) is 18.1 Å². The van der Waals surface area contributed by atoms with E-state index in [1.807, 2.05) is 31.2 Å². The van der Waals surface area contributed by atoms with Crippen LogP contribution in [-0.4, -0.2) is 46.3 Å². The first-order chi connectivity index (χ1) is 20.8. The van der Waals surface area contributed by atoms with E-state index in [4.69, 9.17) is 9.72 Å². The molecule has 4 rings (SSSR count). The molecule has 1 aliphatic rings. The fourth-order valence-corrected chi connectivity index (χ4v) is 5.40. The van der Waals surface area contributed by atoms with E-state index < -0.39 is 12.1 Å². The lowest BCUT2D eigenvalue weighted by Crippen LogP contribution is -2.49. The molecule has 44 heavy (non-hydrogen) atoms. The van der Waals surface area contributed by atoms with Crippen molar-refractivity contribution in [1.29, 1.82) is 0 Å². The maximum atomic E-state index is 12.2. The number of aliphatic hydroxyl groups is 1. The number of amides is 1. The Labute approximate surface area is 263 Å². The molecule has 2 atom stereocenters. The summed E-state index contributed by atoms with van der Waals surface area (Å²) < 4.78 is 6.15. The summed E-state index contributed by atoms with van der Waals surface area (Å²) in [6.45, 7) is 17.3. The topological polar surface area (TPSA) is 108 Å². The Morgan fingerprint density at radius 2 is 1.84 bits per heavy atom. The number of rotatable bonds is 14. The quantitative estimate of drug-likeness (QED) is 0.169. The SMILES string of the molecule is CCCOc1cc(C[C@H](NC(C)=O)[C@H](O)CNC2(c3cccc(C(C)(C)C)c3)CC2)ccc1Nc1cc(C)nc(C(C)C)n1. The largest absolute Gasteiger partial charge is 0.491 e. The zero-order valence-corrected chi connectivity index (χ0v) is 27.8. The number of aliphatic hydroxyl groups excluding tert-OH is 1. The van der Waals surface area contributed by atoms with Crippen molar-refractivity contribution in [1.82, 2.24) is 20.6 Å². The van der Waals surface area contributed by atoms with Crippen molar-refractivity contribution in [2.45, 2.75) is 110 Å². The van der Waals surface area contributed by atoms with E-state index in [9.17, 15) is 9.90 Å². The van der Waals surface area contributed by atoms with Crippen LogP contribution in [0.3, 0.4) is 0 Å². The van der Waals surface area contributed by atoms with Crippen molar-refractivity contribution in [3.05, 3.63) is 76.7 Å². The van der Waals surface area contributed by atoms with Crippen molar-refractivity contribution in [3.63, 3.8) is 0 Å². The summed E-state index contributed by atoms with van der Waals surface area (Å²) in [5, 5.41) is 21.4. The standard InChI is InChI=1S/C36H51N5O3/c1-9-17-44-32-20-26(13-14-29(32)40-33-18-24(4)38-34(41-33)23(2)3)19-30(39-25(5)42)31(43)22-37-36(15-16-36)28-12-10-11-27(21-28)35(6,7)8/h10-14,18,20-21,23,30-31,37,43H,9,15-17,19,22H2,1-8H3,(H,39,42)(H,38,40,41)/t30-,31+/m0/s1. The normalized spacial score (nSPS) is 15.5.